The summed E-state index contributed by atoms with van der Waals surface area (Å²) >= 11 is 2.22. The Morgan fingerprint density at radius 1 is 1.00 bits per heavy atom. The number of hydrogen-bond donors (Lipinski definition) is 1. The summed E-state index contributed by atoms with van der Waals surface area (Å²) in [7, 11) is 0. The van der Waals surface area contributed by atoms with E-state index < -0.39 is 17.7 Å². The highest BCUT2D eigenvalue weighted by Crippen LogP contribution is 2.30. The van der Waals surface area contributed by atoms with Crippen LogP contribution in [0.1, 0.15) is 25.0 Å². The van der Waals surface area contributed by atoms with Gasteiger partial charge in [-0.15, -0.1) is 0 Å². The van der Waals surface area contributed by atoms with Gasteiger partial charge in [0.2, 0.25) is 5.96 Å². The molecular formula is C22H24IN3O4. The molecule has 158 valence electrons. The first-order chi connectivity index (χ1) is 14.4. The van der Waals surface area contributed by atoms with E-state index in [9.17, 15) is 9.59 Å². The molecule has 0 spiro atoms. The fourth-order valence-corrected chi connectivity index (χ4v) is 4.33. The molecule has 1 heterocycles. The quantitative estimate of drug-likeness (QED) is 0.464. The molecule has 2 aromatic carbocycles. The van der Waals surface area contributed by atoms with Crippen LogP contribution in [0.2, 0.25) is 0 Å². The molecule has 1 atom stereocenters. The molecule has 0 radical (unpaired) electrons. The Kier molecular flexibility index (Phi) is 7.30. The highest BCUT2D eigenvalue weighted by molar-refractivity contribution is 14.1. The van der Waals surface area contributed by atoms with Gasteiger partial charge in [0.25, 0.3) is 0 Å². The van der Waals surface area contributed by atoms with Crippen LogP contribution < -0.4 is 5.32 Å². The minimum atomic E-state index is -0.677. The van der Waals surface area contributed by atoms with Gasteiger partial charge in [-0.05, 0) is 25.0 Å². The lowest BCUT2D eigenvalue weighted by atomic mass is 9.97. The third kappa shape index (κ3) is 5.29. The zero-order valence-electron chi connectivity index (χ0n) is 16.9. The van der Waals surface area contributed by atoms with E-state index in [0.717, 1.165) is 11.1 Å². The summed E-state index contributed by atoms with van der Waals surface area (Å²) in [5.74, 6) is 0.137. The van der Waals surface area contributed by atoms with Crippen molar-refractivity contribution in [2.24, 2.45) is 4.99 Å². The third-order valence-corrected chi connectivity index (χ3v) is 5.68. The number of benzene rings is 2. The largest absolute Gasteiger partial charge is 0.444 e. The van der Waals surface area contributed by atoms with E-state index in [-0.39, 0.29) is 25.2 Å². The van der Waals surface area contributed by atoms with Crippen molar-refractivity contribution >= 4 is 40.7 Å². The molecule has 0 saturated carbocycles. The number of carbonyl (C=O) groups is 2. The second-order valence-corrected chi connectivity index (χ2v) is 8.22. The average molecular weight is 521 g/mol. The van der Waals surface area contributed by atoms with E-state index in [1.807, 2.05) is 74.5 Å². The average Bonchev–Trinajstić information content (AvgIpc) is 3.01. The molecule has 0 saturated heterocycles. The normalized spacial score (nSPS) is 17.2. The fourth-order valence-electron chi connectivity index (χ4n) is 3.05. The molecule has 0 fully saturated rings. The molecule has 30 heavy (non-hydrogen) atoms. The van der Waals surface area contributed by atoms with Gasteiger partial charge in [-0.3, -0.25) is 5.32 Å². The van der Waals surface area contributed by atoms with Crippen LogP contribution in [0.25, 0.3) is 0 Å². The molecule has 2 amide bonds. The molecule has 2 aromatic rings. The van der Waals surface area contributed by atoms with E-state index in [1.165, 1.54) is 4.90 Å². The maximum Gasteiger partial charge on any atom is 0.417 e. The number of hydrogen-bond acceptors (Lipinski definition) is 5. The standard InChI is InChI=1S/C22H24IN3O4/c1-22(2)18(13-23)24-19(25-20(27)29-14-16-9-5-3-6-10-16)26(22)21(28)30-15-17-11-7-4-8-12-17/h3-12,18H,13-15H2,1-2H3,(H,24,25,27). The number of nitrogens with zero attached hydrogens (tertiary/aromatic N) is 2. The monoisotopic (exact) mass is 521 g/mol. The summed E-state index contributed by atoms with van der Waals surface area (Å²) in [4.78, 5) is 31.2. The number of alkyl carbamates (subject to hydrolysis) is 1. The predicted octanol–water partition coefficient (Wildman–Crippen LogP) is 4.50. The Hall–Kier alpha value is -2.62. The van der Waals surface area contributed by atoms with E-state index in [4.69, 9.17) is 9.47 Å². The van der Waals surface area contributed by atoms with Gasteiger partial charge in [0.05, 0.1) is 11.6 Å². The second kappa shape index (κ2) is 9.92. The summed E-state index contributed by atoms with van der Waals surface area (Å²) < 4.78 is 11.4. The fraction of sp³-hybridized carbons (Fsp3) is 0.318. The summed E-state index contributed by atoms with van der Waals surface area (Å²) in [6, 6.07) is 18.6. The Morgan fingerprint density at radius 3 is 2.07 bits per heavy atom. The lowest BCUT2D eigenvalue weighted by molar-refractivity contribution is 0.0899. The van der Waals surface area contributed by atoms with Crippen molar-refractivity contribution in [3.8, 4) is 0 Å². The molecule has 7 nitrogen and oxygen atoms in total. The van der Waals surface area contributed by atoms with Gasteiger partial charge in [0.15, 0.2) is 0 Å². The van der Waals surface area contributed by atoms with Crippen molar-refractivity contribution in [2.45, 2.75) is 38.6 Å². The number of alkyl halides is 1. The predicted molar refractivity (Wildman–Crippen MR) is 122 cm³/mol. The van der Waals surface area contributed by atoms with Gasteiger partial charge in [0.1, 0.15) is 13.2 Å². The van der Waals surface area contributed by atoms with Crippen molar-refractivity contribution < 1.29 is 19.1 Å². The zero-order valence-corrected chi connectivity index (χ0v) is 19.0. The number of carbonyl (C=O) groups excluding carboxylic acids is 2. The SMILES string of the molecule is CC1(C)C(CI)N=C(NC(=O)OCc2ccccc2)N1C(=O)OCc1ccccc1. The minimum Gasteiger partial charge on any atom is -0.444 e. The number of aliphatic imine (C=N–C) groups is 1. The van der Waals surface area contributed by atoms with Crippen molar-refractivity contribution in [3.63, 3.8) is 0 Å². The van der Waals surface area contributed by atoms with E-state index in [1.54, 1.807) is 0 Å². The minimum absolute atomic E-state index is 0.123. The topological polar surface area (TPSA) is 80.2 Å². The molecule has 3 rings (SSSR count). The van der Waals surface area contributed by atoms with Crippen molar-refractivity contribution in [1.82, 2.24) is 10.2 Å². The van der Waals surface area contributed by atoms with Crippen LogP contribution in [0.15, 0.2) is 65.7 Å². The first-order valence-corrected chi connectivity index (χ1v) is 11.1. The Morgan fingerprint density at radius 2 is 1.53 bits per heavy atom. The van der Waals surface area contributed by atoms with E-state index >= 15 is 0 Å². The van der Waals surface area contributed by atoms with Gasteiger partial charge in [-0.1, -0.05) is 83.3 Å². The maximum absolute atomic E-state index is 12.9. The van der Waals surface area contributed by atoms with Gasteiger partial charge in [-0.2, -0.15) is 0 Å². The number of guanidine groups is 1. The maximum atomic E-state index is 12.9. The van der Waals surface area contributed by atoms with Gasteiger partial charge in [-0.25, -0.2) is 19.5 Å². The summed E-state index contributed by atoms with van der Waals surface area (Å²) in [5.41, 5.74) is 1.09. The number of amides is 2. The first kappa shape index (κ1) is 22.1. The Bertz CT molecular complexity index is 903. The van der Waals surface area contributed by atoms with Crippen LogP contribution in [0.3, 0.4) is 0 Å². The molecule has 1 aliphatic heterocycles. The van der Waals surface area contributed by atoms with Crippen LogP contribution in [-0.4, -0.2) is 39.1 Å². The van der Waals surface area contributed by atoms with Crippen molar-refractivity contribution in [1.29, 1.82) is 0 Å². The first-order valence-electron chi connectivity index (χ1n) is 9.54. The molecular weight excluding hydrogens is 497 g/mol. The summed E-state index contributed by atoms with van der Waals surface area (Å²) in [6.07, 6.45) is -1.25. The lowest BCUT2D eigenvalue weighted by Crippen LogP contribution is -2.55. The van der Waals surface area contributed by atoms with Gasteiger partial charge in [0, 0.05) is 4.43 Å². The smallest absolute Gasteiger partial charge is 0.417 e. The van der Waals surface area contributed by atoms with Crippen molar-refractivity contribution in [3.05, 3.63) is 71.8 Å². The summed E-state index contributed by atoms with van der Waals surface area (Å²) in [6.45, 7) is 4.05. The highest BCUT2D eigenvalue weighted by atomic mass is 127. The number of halogens is 1. The molecule has 1 aliphatic rings. The molecule has 8 heteroatoms. The molecule has 0 aliphatic carbocycles. The number of rotatable bonds is 5. The number of nitrogens with one attached hydrogen (secondary N) is 1. The van der Waals surface area contributed by atoms with E-state index in [2.05, 4.69) is 32.9 Å². The lowest BCUT2D eigenvalue weighted by Gasteiger charge is -2.34. The number of ether oxygens (including phenoxy) is 2. The Balaban J connectivity index is 1.66. The summed E-state index contributed by atoms with van der Waals surface area (Å²) in [5, 5.41) is 2.61. The van der Waals surface area contributed by atoms with Crippen molar-refractivity contribution in [2.75, 3.05) is 4.43 Å². The molecule has 1 N–H and O–H groups in total. The second-order valence-electron chi connectivity index (χ2n) is 7.34. The molecule has 0 bridgehead atoms. The van der Waals surface area contributed by atoms with Crippen LogP contribution in [0.5, 0.6) is 0 Å². The van der Waals surface area contributed by atoms with Gasteiger partial charge >= 0.3 is 12.2 Å². The van der Waals surface area contributed by atoms with Gasteiger partial charge < -0.3 is 9.47 Å². The van der Waals surface area contributed by atoms with Crippen LogP contribution in [0, 0.1) is 0 Å². The molecule has 1 unspecified atom stereocenters. The van der Waals surface area contributed by atoms with E-state index in [0.29, 0.717) is 4.43 Å². The zero-order chi connectivity index (χ0) is 21.6. The molecule has 0 aromatic heterocycles. The Labute approximate surface area is 189 Å². The van der Waals surface area contributed by atoms with Crippen LogP contribution in [-0.2, 0) is 22.7 Å². The van der Waals surface area contributed by atoms with Crippen LogP contribution >= 0.6 is 22.6 Å². The van der Waals surface area contributed by atoms with Crippen LogP contribution in [0.4, 0.5) is 9.59 Å². The highest BCUT2D eigenvalue weighted by Gasteiger charge is 2.47. The third-order valence-electron chi connectivity index (χ3n) is 4.84.